The molecule has 0 aliphatic carbocycles. The highest BCUT2D eigenvalue weighted by Crippen LogP contribution is 2.13. The van der Waals surface area contributed by atoms with E-state index in [-0.39, 0.29) is 0 Å². The zero-order valence-corrected chi connectivity index (χ0v) is 20.8. The van der Waals surface area contributed by atoms with Crippen LogP contribution in [0.25, 0.3) is 0 Å². The molecule has 0 fully saturated rings. The molecule has 0 amide bonds. The van der Waals surface area contributed by atoms with Crippen molar-refractivity contribution in [2.24, 2.45) is 20.4 Å². The summed E-state index contributed by atoms with van der Waals surface area (Å²) in [7, 11) is 0. The molecule has 5 rings (SSSR count). The molecule has 0 aliphatic heterocycles. The van der Waals surface area contributed by atoms with Gasteiger partial charge in [-0.25, -0.2) is 0 Å². The van der Waals surface area contributed by atoms with Gasteiger partial charge in [-0.15, -0.1) is 10.2 Å². The van der Waals surface area contributed by atoms with E-state index in [0.29, 0.717) is 0 Å². The van der Waals surface area contributed by atoms with E-state index >= 15 is 0 Å². The van der Waals surface area contributed by atoms with Crippen molar-refractivity contribution < 1.29 is 0 Å². The van der Waals surface area contributed by atoms with Gasteiger partial charge in [-0.1, -0.05) is 146 Å². The van der Waals surface area contributed by atoms with Crippen LogP contribution in [0.15, 0.2) is 166 Å². The third-order valence-corrected chi connectivity index (χ3v) is 5.85. The van der Waals surface area contributed by atoms with E-state index in [4.69, 9.17) is 0 Å². The van der Waals surface area contributed by atoms with E-state index < -0.39 is 0 Å². The van der Waals surface area contributed by atoms with Gasteiger partial charge in [0, 0.05) is 22.3 Å². The van der Waals surface area contributed by atoms with Gasteiger partial charge in [-0.3, -0.25) is 0 Å². The third kappa shape index (κ3) is 6.50. The molecule has 0 radical (unpaired) electrons. The van der Waals surface area contributed by atoms with E-state index in [9.17, 15) is 0 Å². The summed E-state index contributed by atoms with van der Waals surface area (Å²) in [5.41, 5.74) is 7.64. The molecule has 0 bridgehead atoms. The summed E-state index contributed by atoms with van der Waals surface area (Å²) in [5.74, 6) is 0. The summed E-state index contributed by atoms with van der Waals surface area (Å²) in [4.78, 5) is 0. The van der Waals surface area contributed by atoms with Crippen LogP contribution in [0.1, 0.15) is 33.4 Å². The maximum absolute atomic E-state index is 4.55. The highest BCUT2D eigenvalue weighted by Gasteiger charge is 2.07. The van der Waals surface area contributed by atoms with Crippen LogP contribution < -0.4 is 0 Å². The van der Waals surface area contributed by atoms with Crippen molar-refractivity contribution in [1.82, 2.24) is 0 Å². The summed E-state index contributed by atoms with van der Waals surface area (Å²) >= 11 is 0. The fourth-order valence-electron chi connectivity index (χ4n) is 3.92. The number of hydrogen-bond acceptors (Lipinski definition) is 4. The van der Waals surface area contributed by atoms with E-state index in [1.54, 1.807) is 12.4 Å². The molecule has 0 heterocycles. The van der Waals surface area contributed by atoms with Crippen LogP contribution in [0.2, 0.25) is 0 Å². The van der Waals surface area contributed by atoms with Gasteiger partial charge >= 0.3 is 0 Å². The highest BCUT2D eigenvalue weighted by molar-refractivity contribution is 6.13. The summed E-state index contributed by atoms with van der Waals surface area (Å²) in [6, 6.07) is 48.3. The Kier molecular flexibility index (Phi) is 8.15. The molecule has 4 nitrogen and oxygen atoms in total. The molecule has 0 aliphatic rings. The Bertz CT molecular complexity index is 1350. The fourth-order valence-corrected chi connectivity index (χ4v) is 3.92. The maximum Gasteiger partial charge on any atom is 0.100 e. The van der Waals surface area contributed by atoms with Crippen molar-refractivity contribution in [3.05, 3.63) is 179 Å². The molecule has 4 heteroatoms. The minimum Gasteiger partial charge on any atom is -0.158 e. The van der Waals surface area contributed by atoms with Crippen molar-refractivity contribution in [1.29, 1.82) is 0 Å². The Balaban J connectivity index is 1.33. The normalized spacial score (nSPS) is 10.9. The van der Waals surface area contributed by atoms with Crippen LogP contribution in [-0.4, -0.2) is 23.9 Å². The van der Waals surface area contributed by atoms with Gasteiger partial charge in [-0.05, 0) is 11.1 Å². The molecule has 0 saturated heterocycles. The Morgan fingerprint density at radius 1 is 0.342 bits per heavy atom. The summed E-state index contributed by atoms with van der Waals surface area (Å²) in [6.45, 7) is 0. The lowest BCUT2D eigenvalue weighted by Gasteiger charge is -2.05. The first-order chi connectivity index (χ1) is 18.9. The molecule has 0 unspecified atom stereocenters. The third-order valence-electron chi connectivity index (χ3n) is 5.85. The van der Waals surface area contributed by atoms with E-state index in [0.717, 1.165) is 44.8 Å². The van der Waals surface area contributed by atoms with Crippen LogP contribution in [-0.2, 0) is 0 Å². The van der Waals surface area contributed by atoms with Crippen molar-refractivity contribution in [2.45, 2.75) is 0 Å². The fraction of sp³-hybridized carbons (Fsp3) is 0. The minimum atomic E-state index is 0.830. The first-order valence-corrected chi connectivity index (χ1v) is 12.4. The zero-order chi connectivity index (χ0) is 25.8. The second-order valence-electron chi connectivity index (χ2n) is 8.52. The number of rotatable bonds is 8. The number of nitrogens with zero attached hydrogens (tertiary/aromatic N) is 4. The standard InChI is InChI=1S/C34H26N4/c1-5-13-29(14-6-1)33(30-15-7-2-8-16-30)37-35-25-27-21-23-28(24-22-27)26-36-38-34(31-17-9-3-10-18-31)32-19-11-4-12-20-32/h1-26H/b35-25+,36-26+. The lowest BCUT2D eigenvalue weighted by atomic mass is 10.0. The van der Waals surface area contributed by atoms with Gasteiger partial charge in [-0.2, -0.15) is 10.2 Å². The second-order valence-corrected chi connectivity index (χ2v) is 8.52. The van der Waals surface area contributed by atoms with Gasteiger partial charge in [0.1, 0.15) is 11.4 Å². The van der Waals surface area contributed by atoms with E-state index in [2.05, 4.69) is 20.4 Å². The van der Waals surface area contributed by atoms with Gasteiger partial charge in [0.05, 0.1) is 12.4 Å². The van der Waals surface area contributed by atoms with Crippen LogP contribution in [0.4, 0.5) is 0 Å². The average molecular weight is 491 g/mol. The zero-order valence-electron chi connectivity index (χ0n) is 20.8. The quantitative estimate of drug-likeness (QED) is 0.160. The molecule has 5 aromatic carbocycles. The van der Waals surface area contributed by atoms with Crippen LogP contribution in [0, 0.1) is 0 Å². The lowest BCUT2D eigenvalue weighted by Crippen LogP contribution is -2.02. The summed E-state index contributed by atoms with van der Waals surface area (Å²) in [5, 5.41) is 17.9. The molecule has 5 aromatic rings. The van der Waals surface area contributed by atoms with Crippen LogP contribution in [0.3, 0.4) is 0 Å². The number of hydrogen-bond donors (Lipinski definition) is 0. The van der Waals surface area contributed by atoms with Crippen LogP contribution >= 0.6 is 0 Å². The largest absolute Gasteiger partial charge is 0.158 e. The minimum absolute atomic E-state index is 0.830. The highest BCUT2D eigenvalue weighted by atomic mass is 15.2. The Morgan fingerprint density at radius 3 is 0.868 bits per heavy atom. The topological polar surface area (TPSA) is 49.4 Å². The molecule has 0 spiro atoms. The van der Waals surface area contributed by atoms with Crippen LogP contribution in [0.5, 0.6) is 0 Å². The Hall–Kier alpha value is -5.22. The van der Waals surface area contributed by atoms with Crippen molar-refractivity contribution in [3.8, 4) is 0 Å². The SMILES string of the molecule is C(=N\N=C(c1ccccc1)c1ccccc1)/c1ccc(/C=N/N=C(c2ccccc2)c2ccccc2)cc1. The average Bonchev–Trinajstić information content (AvgIpc) is 3.00. The predicted octanol–water partition coefficient (Wildman–Crippen LogP) is 7.43. The van der Waals surface area contributed by atoms with Gasteiger partial charge in [0.25, 0.3) is 0 Å². The molecule has 0 aromatic heterocycles. The first kappa shape index (κ1) is 24.5. The van der Waals surface area contributed by atoms with Crippen molar-refractivity contribution in [3.63, 3.8) is 0 Å². The van der Waals surface area contributed by atoms with E-state index in [1.807, 2.05) is 146 Å². The molecule has 0 atom stereocenters. The molecule has 38 heavy (non-hydrogen) atoms. The van der Waals surface area contributed by atoms with E-state index in [1.165, 1.54) is 0 Å². The first-order valence-electron chi connectivity index (χ1n) is 12.4. The summed E-state index contributed by atoms with van der Waals surface area (Å²) < 4.78 is 0. The summed E-state index contributed by atoms with van der Waals surface area (Å²) in [6.07, 6.45) is 3.52. The smallest absolute Gasteiger partial charge is 0.100 e. The van der Waals surface area contributed by atoms with Gasteiger partial charge in [0.2, 0.25) is 0 Å². The van der Waals surface area contributed by atoms with Gasteiger partial charge in [0.15, 0.2) is 0 Å². The van der Waals surface area contributed by atoms with Crippen molar-refractivity contribution >= 4 is 23.9 Å². The second kappa shape index (κ2) is 12.7. The molecular weight excluding hydrogens is 464 g/mol. The predicted molar refractivity (Wildman–Crippen MR) is 159 cm³/mol. The lowest BCUT2D eigenvalue weighted by molar-refractivity contribution is 1.24. The number of benzene rings is 5. The Labute approximate surface area is 223 Å². The molecule has 182 valence electrons. The monoisotopic (exact) mass is 490 g/mol. The molecule has 0 saturated carbocycles. The molecular formula is C34H26N4. The van der Waals surface area contributed by atoms with Crippen molar-refractivity contribution in [2.75, 3.05) is 0 Å². The molecule has 0 N–H and O–H groups in total. The maximum atomic E-state index is 4.55. The van der Waals surface area contributed by atoms with Gasteiger partial charge < -0.3 is 0 Å². The Morgan fingerprint density at radius 2 is 0.605 bits per heavy atom.